The highest BCUT2D eigenvalue weighted by Crippen LogP contribution is 2.28. The Labute approximate surface area is 110 Å². The van der Waals surface area contributed by atoms with Crippen molar-refractivity contribution < 1.29 is 9.47 Å². The fourth-order valence-corrected chi connectivity index (χ4v) is 2.59. The molecule has 96 valence electrons. The van der Waals surface area contributed by atoms with E-state index < -0.39 is 0 Å². The first kappa shape index (κ1) is 13.0. The maximum absolute atomic E-state index is 5.60. The third-order valence-electron chi connectivity index (χ3n) is 3.06. The largest absolute Gasteiger partial charge is 0.383 e. The number of alkyl halides is 1. The van der Waals surface area contributed by atoms with Crippen molar-refractivity contribution in [1.29, 1.82) is 0 Å². The smallest absolute Gasteiger partial charge is 0.143 e. The lowest BCUT2D eigenvalue weighted by molar-refractivity contribution is 0.123. The van der Waals surface area contributed by atoms with Crippen LogP contribution >= 0.6 is 15.9 Å². The zero-order chi connectivity index (χ0) is 12.3. The molecule has 2 rings (SSSR count). The molecular formula is C11H18BrN3O2. The molecule has 6 heteroatoms. The molecule has 1 aromatic heterocycles. The van der Waals surface area contributed by atoms with E-state index >= 15 is 0 Å². The molecular weight excluding hydrogens is 286 g/mol. The Balaban J connectivity index is 2.17. The molecule has 0 saturated carbocycles. The summed E-state index contributed by atoms with van der Waals surface area (Å²) >= 11 is 3.44. The standard InChI is InChI=1S/C11H18BrN3O2/c1-8-5-9(7-17-8)11-14-13-10(6-12)15(11)3-4-16-2/h8-9H,3-7H2,1-2H3. The minimum Gasteiger partial charge on any atom is -0.383 e. The van der Waals surface area contributed by atoms with E-state index in [-0.39, 0.29) is 0 Å². The molecule has 1 saturated heterocycles. The fraction of sp³-hybridized carbons (Fsp3) is 0.818. The van der Waals surface area contributed by atoms with E-state index in [2.05, 4.69) is 37.6 Å². The molecule has 0 spiro atoms. The lowest BCUT2D eigenvalue weighted by atomic mass is 10.1. The van der Waals surface area contributed by atoms with Gasteiger partial charge in [0.15, 0.2) is 0 Å². The van der Waals surface area contributed by atoms with Crippen molar-refractivity contribution in [2.45, 2.75) is 37.2 Å². The van der Waals surface area contributed by atoms with E-state index in [1.165, 1.54) is 0 Å². The van der Waals surface area contributed by atoms with Gasteiger partial charge in [0.1, 0.15) is 11.6 Å². The van der Waals surface area contributed by atoms with Gasteiger partial charge < -0.3 is 14.0 Å². The zero-order valence-electron chi connectivity index (χ0n) is 10.2. The van der Waals surface area contributed by atoms with Crippen LogP contribution in [0.3, 0.4) is 0 Å². The second-order valence-electron chi connectivity index (χ2n) is 4.33. The topological polar surface area (TPSA) is 49.2 Å². The molecule has 2 atom stereocenters. The van der Waals surface area contributed by atoms with Crippen LogP contribution in [0.25, 0.3) is 0 Å². The second-order valence-corrected chi connectivity index (χ2v) is 4.89. The van der Waals surface area contributed by atoms with Crippen molar-refractivity contribution in [1.82, 2.24) is 14.8 Å². The van der Waals surface area contributed by atoms with Gasteiger partial charge in [0.05, 0.1) is 24.6 Å². The van der Waals surface area contributed by atoms with Gasteiger partial charge in [-0.15, -0.1) is 10.2 Å². The van der Waals surface area contributed by atoms with Crippen molar-refractivity contribution >= 4 is 15.9 Å². The van der Waals surface area contributed by atoms with Crippen molar-refractivity contribution in [3.8, 4) is 0 Å². The van der Waals surface area contributed by atoms with Gasteiger partial charge in [-0.1, -0.05) is 15.9 Å². The average Bonchev–Trinajstić information content (AvgIpc) is 2.91. The van der Waals surface area contributed by atoms with E-state index in [0.717, 1.165) is 31.2 Å². The zero-order valence-corrected chi connectivity index (χ0v) is 11.8. The third-order valence-corrected chi connectivity index (χ3v) is 3.56. The van der Waals surface area contributed by atoms with Gasteiger partial charge in [0, 0.05) is 19.6 Å². The van der Waals surface area contributed by atoms with Gasteiger partial charge in [-0.2, -0.15) is 0 Å². The van der Waals surface area contributed by atoms with Crippen LogP contribution in [0.15, 0.2) is 0 Å². The summed E-state index contributed by atoms with van der Waals surface area (Å²) in [6.07, 6.45) is 1.34. The monoisotopic (exact) mass is 303 g/mol. The Hall–Kier alpha value is -0.460. The summed E-state index contributed by atoms with van der Waals surface area (Å²) in [4.78, 5) is 0. The molecule has 2 unspecified atom stereocenters. The average molecular weight is 304 g/mol. The molecule has 2 heterocycles. The fourth-order valence-electron chi connectivity index (χ4n) is 2.17. The van der Waals surface area contributed by atoms with E-state index in [4.69, 9.17) is 9.47 Å². The first-order chi connectivity index (χ1) is 8.26. The number of nitrogens with zero attached hydrogens (tertiary/aromatic N) is 3. The molecule has 0 bridgehead atoms. The number of rotatable bonds is 5. The maximum atomic E-state index is 5.60. The van der Waals surface area contributed by atoms with Crippen molar-refractivity contribution in [2.75, 3.05) is 20.3 Å². The molecule has 0 amide bonds. The number of ether oxygens (including phenoxy) is 2. The quantitative estimate of drug-likeness (QED) is 0.777. The predicted molar refractivity (Wildman–Crippen MR) is 67.3 cm³/mol. The highest BCUT2D eigenvalue weighted by atomic mass is 79.9. The van der Waals surface area contributed by atoms with E-state index in [1.54, 1.807) is 7.11 Å². The summed E-state index contributed by atoms with van der Waals surface area (Å²) < 4.78 is 12.9. The first-order valence-electron chi connectivity index (χ1n) is 5.84. The van der Waals surface area contributed by atoms with Crippen LogP contribution in [0.2, 0.25) is 0 Å². The first-order valence-corrected chi connectivity index (χ1v) is 6.97. The van der Waals surface area contributed by atoms with Crippen LogP contribution in [-0.2, 0) is 21.3 Å². The predicted octanol–water partition coefficient (Wildman–Crippen LogP) is 1.71. The summed E-state index contributed by atoms with van der Waals surface area (Å²) in [5.41, 5.74) is 0. The molecule has 1 fully saturated rings. The third kappa shape index (κ3) is 2.86. The van der Waals surface area contributed by atoms with Crippen LogP contribution in [0.1, 0.15) is 30.9 Å². The molecule has 0 N–H and O–H groups in total. The Bertz CT molecular complexity index is 370. The number of methoxy groups -OCH3 is 1. The molecule has 5 nitrogen and oxygen atoms in total. The number of aromatic nitrogens is 3. The molecule has 0 aromatic carbocycles. The summed E-state index contributed by atoms with van der Waals surface area (Å²) in [6, 6.07) is 0. The van der Waals surface area contributed by atoms with Crippen LogP contribution < -0.4 is 0 Å². The van der Waals surface area contributed by atoms with Crippen molar-refractivity contribution in [3.05, 3.63) is 11.6 Å². The molecule has 1 aliphatic heterocycles. The lowest BCUT2D eigenvalue weighted by Crippen LogP contribution is -2.14. The maximum Gasteiger partial charge on any atom is 0.143 e. The van der Waals surface area contributed by atoms with Gasteiger partial charge in [0.25, 0.3) is 0 Å². The Kier molecular flexibility index (Phi) is 4.53. The Morgan fingerprint density at radius 1 is 1.53 bits per heavy atom. The normalized spacial score (nSPS) is 24.4. The highest BCUT2D eigenvalue weighted by Gasteiger charge is 2.28. The van der Waals surface area contributed by atoms with E-state index in [9.17, 15) is 0 Å². The molecule has 0 radical (unpaired) electrons. The van der Waals surface area contributed by atoms with Crippen LogP contribution in [0.5, 0.6) is 0 Å². The van der Waals surface area contributed by atoms with Gasteiger partial charge in [-0.3, -0.25) is 0 Å². The Morgan fingerprint density at radius 2 is 2.35 bits per heavy atom. The second kappa shape index (κ2) is 5.93. The van der Waals surface area contributed by atoms with Gasteiger partial charge in [-0.25, -0.2) is 0 Å². The highest BCUT2D eigenvalue weighted by molar-refractivity contribution is 9.08. The van der Waals surface area contributed by atoms with Crippen molar-refractivity contribution in [2.24, 2.45) is 0 Å². The molecule has 0 aliphatic carbocycles. The summed E-state index contributed by atoms with van der Waals surface area (Å²) in [5.74, 6) is 2.35. The van der Waals surface area contributed by atoms with E-state index in [0.29, 0.717) is 24.0 Å². The minimum atomic E-state index is 0.319. The van der Waals surface area contributed by atoms with Crippen molar-refractivity contribution in [3.63, 3.8) is 0 Å². The molecule has 1 aromatic rings. The van der Waals surface area contributed by atoms with Gasteiger partial charge in [0.2, 0.25) is 0 Å². The molecule has 17 heavy (non-hydrogen) atoms. The Morgan fingerprint density at radius 3 is 2.94 bits per heavy atom. The summed E-state index contributed by atoms with van der Waals surface area (Å²) in [7, 11) is 1.71. The van der Waals surface area contributed by atoms with Crippen LogP contribution in [-0.4, -0.2) is 41.2 Å². The van der Waals surface area contributed by atoms with Crippen LogP contribution in [0, 0.1) is 0 Å². The summed E-state index contributed by atoms with van der Waals surface area (Å²) in [6.45, 7) is 4.31. The SMILES string of the molecule is COCCn1c(CBr)nnc1C1COC(C)C1. The lowest BCUT2D eigenvalue weighted by Gasteiger charge is -2.12. The van der Waals surface area contributed by atoms with E-state index in [1.807, 2.05) is 0 Å². The summed E-state index contributed by atoms with van der Waals surface area (Å²) in [5, 5.41) is 9.23. The number of hydrogen-bond acceptors (Lipinski definition) is 4. The minimum absolute atomic E-state index is 0.319. The number of halogens is 1. The van der Waals surface area contributed by atoms with Crippen LogP contribution in [0.4, 0.5) is 0 Å². The molecule has 1 aliphatic rings. The van der Waals surface area contributed by atoms with Gasteiger partial charge >= 0.3 is 0 Å². The van der Waals surface area contributed by atoms with Gasteiger partial charge in [-0.05, 0) is 13.3 Å². The number of hydrogen-bond donors (Lipinski definition) is 0.